The number of hydrogen-bond acceptors (Lipinski definition) is 5. The van der Waals surface area contributed by atoms with Crippen molar-refractivity contribution >= 4 is 11.6 Å². The van der Waals surface area contributed by atoms with Gasteiger partial charge in [-0.25, -0.2) is 4.68 Å². The molecule has 3 aromatic rings. The van der Waals surface area contributed by atoms with Gasteiger partial charge in [0.1, 0.15) is 0 Å². The van der Waals surface area contributed by atoms with Crippen LogP contribution in [0.3, 0.4) is 0 Å². The zero-order valence-corrected chi connectivity index (χ0v) is 16.0. The molecule has 2 aromatic heterocycles. The highest BCUT2D eigenvalue weighted by Crippen LogP contribution is 2.37. The molecule has 0 aliphatic heterocycles. The summed E-state index contributed by atoms with van der Waals surface area (Å²) < 4.78 is 7.36. The Labute approximate surface area is 157 Å². The number of aromatic nitrogens is 4. The molecule has 2 N–H and O–H groups in total. The van der Waals surface area contributed by atoms with E-state index in [4.69, 9.17) is 21.9 Å². The third-order valence-electron chi connectivity index (χ3n) is 5.33. The molecular weight excluding hydrogens is 350 g/mol. The monoisotopic (exact) mass is 371 g/mol. The van der Waals surface area contributed by atoms with Crippen LogP contribution in [-0.4, -0.2) is 19.9 Å². The van der Waals surface area contributed by atoms with Crippen LogP contribution in [0.1, 0.15) is 53.5 Å². The maximum Gasteiger partial charge on any atom is 0.231 e. The van der Waals surface area contributed by atoms with Crippen molar-refractivity contribution in [1.29, 1.82) is 0 Å². The van der Waals surface area contributed by atoms with E-state index in [0.717, 1.165) is 52.5 Å². The Morgan fingerprint density at radius 3 is 2.69 bits per heavy atom. The summed E-state index contributed by atoms with van der Waals surface area (Å²) in [4.78, 5) is 4.53. The first-order valence-electron chi connectivity index (χ1n) is 8.81. The van der Waals surface area contributed by atoms with Crippen LogP contribution in [0.4, 0.5) is 0 Å². The van der Waals surface area contributed by atoms with Crippen molar-refractivity contribution in [2.75, 3.05) is 0 Å². The number of nitrogens with zero attached hydrogens (tertiary/aromatic N) is 4. The number of halogens is 1. The van der Waals surface area contributed by atoms with E-state index in [-0.39, 0.29) is 0 Å². The minimum atomic E-state index is -0.408. The molecule has 6 nitrogen and oxygen atoms in total. The molecule has 0 spiro atoms. The fraction of sp³-hybridized carbons (Fsp3) is 0.421. The summed E-state index contributed by atoms with van der Waals surface area (Å²) in [5.74, 6) is 1.19. The first-order valence-corrected chi connectivity index (χ1v) is 9.19. The molecule has 0 bridgehead atoms. The molecule has 0 radical (unpaired) electrons. The molecule has 0 saturated heterocycles. The van der Waals surface area contributed by atoms with Crippen LogP contribution in [0.15, 0.2) is 22.7 Å². The molecule has 0 amide bonds. The SMILES string of the molecule is Cc1ccc(-n2nc(C)c(Cc3nc(C4(N)CCC4)no3)c2C)cc1Cl. The second-order valence-corrected chi connectivity index (χ2v) is 7.60. The number of nitrogens with two attached hydrogens (primary N) is 1. The van der Waals surface area contributed by atoms with Crippen LogP contribution < -0.4 is 5.73 Å². The lowest BCUT2D eigenvalue weighted by molar-refractivity contribution is 0.229. The minimum Gasteiger partial charge on any atom is -0.339 e. The molecule has 0 atom stereocenters. The molecule has 1 aliphatic carbocycles. The summed E-state index contributed by atoms with van der Waals surface area (Å²) in [6, 6.07) is 5.95. The average Bonchev–Trinajstić information content (AvgIpc) is 3.16. The van der Waals surface area contributed by atoms with Crippen molar-refractivity contribution in [3.05, 3.63) is 57.5 Å². The van der Waals surface area contributed by atoms with Crippen molar-refractivity contribution in [3.8, 4) is 5.69 Å². The van der Waals surface area contributed by atoms with Crippen molar-refractivity contribution in [3.63, 3.8) is 0 Å². The molecule has 1 fully saturated rings. The standard InChI is InChI=1S/C19H22ClN5O/c1-11-5-6-14(9-16(11)20)25-13(3)15(12(2)23-25)10-17-22-18(24-26-17)19(21)7-4-8-19/h5-6,9H,4,7-8,10,21H2,1-3H3. The van der Waals surface area contributed by atoms with Crippen LogP contribution in [0.2, 0.25) is 5.02 Å². The van der Waals surface area contributed by atoms with Crippen LogP contribution in [-0.2, 0) is 12.0 Å². The molecule has 2 heterocycles. The van der Waals surface area contributed by atoms with Crippen molar-refractivity contribution < 1.29 is 4.52 Å². The van der Waals surface area contributed by atoms with Crippen LogP contribution in [0.25, 0.3) is 5.69 Å². The number of aryl methyl sites for hydroxylation is 2. The highest BCUT2D eigenvalue weighted by molar-refractivity contribution is 6.31. The molecule has 4 rings (SSSR count). The van der Waals surface area contributed by atoms with Gasteiger partial charge in [0.15, 0.2) is 5.82 Å². The van der Waals surface area contributed by atoms with Crippen LogP contribution in [0.5, 0.6) is 0 Å². The van der Waals surface area contributed by atoms with Gasteiger partial charge in [-0.3, -0.25) is 0 Å². The second-order valence-electron chi connectivity index (χ2n) is 7.19. The fourth-order valence-corrected chi connectivity index (χ4v) is 3.53. The Morgan fingerprint density at radius 1 is 1.27 bits per heavy atom. The van der Waals surface area contributed by atoms with Gasteiger partial charge < -0.3 is 10.3 Å². The van der Waals surface area contributed by atoms with E-state index < -0.39 is 5.54 Å². The van der Waals surface area contributed by atoms with Gasteiger partial charge in [-0.1, -0.05) is 22.8 Å². The van der Waals surface area contributed by atoms with Gasteiger partial charge in [0.05, 0.1) is 23.3 Å². The molecular formula is C19H22ClN5O. The third-order valence-corrected chi connectivity index (χ3v) is 5.74. The zero-order valence-electron chi connectivity index (χ0n) is 15.2. The van der Waals surface area contributed by atoms with Gasteiger partial charge in [-0.15, -0.1) is 0 Å². The van der Waals surface area contributed by atoms with Gasteiger partial charge >= 0.3 is 0 Å². The first-order chi connectivity index (χ1) is 12.4. The lowest BCUT2D eigenvalue weighted by Crippen LogP contribution is -2.44. The molecule has 7 heteroatoms. The minimum absolute atomic E-state index is 0.408. The maximum atomic E-state index is 6.28. The lowest BCUT2D eigenvalue weighted by Gasteiger charge is -2.34. The van der Waals surface area contributed by atoms with Gasteiger partial charge in [-0.2, -0.15) is 10.1 Å². The number of hydrogen-bond donors (Lipinski definition) is 1. The Bertz CT molecular complexity index is 970. The summed E-state index contributed by atoms with van der Waals surface area (Å²) in [5.41, 5.74) is 10.9. The maximum absolute atomic E-state index is 6.28. The average molecular weight is 372 g/mol. The van der Waals surface area contributed by atoms with Gasteiger partial charge in [0, 0.05) is 16.3 Å². The Kier molecular flexibility index (Phi) is 4.12. The topological polar surface area (TPSA) is 82.8 Å². The Hall–Kier alpha value is -2.18. The Balaban J connectivity index is 1.63. The number of benzene rings is 1. The van der Waals surface area contributed by atoms with E-state index >= 15 is 0 Å². The predicted octanol–water partition coefficient (Wildman–Crippen LogP) is 3.76. The van der Waals surface area contributed by atoms with Crippen molar-refractivity contribution in [1.82, 2.24) is 19.9 Å². The normalized spacial score (nSPS) is 15.9. The smallest absolute Gasteiger partial charge is 0.231 e. The van der Waals surface area contributed by atoms with E-state index in [9.17, 15) is 0 Å². The fourth-order valence-electron chi connectivity index (χ4n) is 3.36. The third kappa shape index (κ3) is 2.83. The molecule has 1 aliphatic rings. The van der Waals surface area contributed by atoms with Crippen LogP contribution >= 0.6 is 11.6 Å². The van der Waals surface area contributed by atoms with Crippen molar-refractivity contribution in [2.24, 2.45) is 5.73 Å². The highest BCUT2D eigenvalue weighted by Gasteiger charge is 2.39. The van der Waals surface area contributed by atoms with E-state index in [2.05, 4.69) is 15.2 Å². The molecule has 1 saturated carbocycles. The first kappa shape index (κ1) is 17.2. The molecule has 136 valence electrons. The summed E-state index contributed by atoms with van der Waals surface area (Å²) in [6.07, 6.45) is 3.48. The van der Waals surface area contributed by atoms with E-state index in [1.165, 1.54) is 0 Å². The second kappa shape index (κ2) is 6.21. The quantitative estimate of drug-likeness (QED) is 0.754. The predicted molar refractivity (Wildman–Crippen MR) is 99.6 cm³/mol. The van der Waals surface area contributed by atoms with Gasteiger partial charge in [-0.05, 0) is 57.7 Å². The van der Waals surface area contributed by atoms with Gasteiger partial charge in [0.2, 0.25) is 5.89 Å². The van der Waals surface area contributed by atoms with Crippen LogP contribution in [0, 0.1) is 20.8 Å². The van der Waals surface area contributed by atoms with Crippen molar-refractivity contribution in [2.45, 2.75) is 52.0 Å². The molecule has 0 unspecified atom stereocenters. The summed E-state index contributed by atoms with van der Waals surface area (Å²) in [7, 11) is 0. The zero-order chi connectivity index (χ0) is 18.5. The number of rotatable bonds is 4. The molecule has 1 aromatic carbocycles. The largest absolute Gasteiger partial charge is 0.339 e. The van der Waals surface area contributed by atoms with E-state index in [1.807, 2.05) is 43.7 Å². The molecule has 26 heavy (non-hydrogen) atoms. The summed E-state index contributed by atoms with van der Waals surface area (Å²) in [6.45, 7) is 6.01. The van der Waals surface area contributed by atoms with E-state index in [0.29, 0.717) is 18.1 Å². The summed E-state index contributed by atoms with van der Waals surface area (Å²) in [5, 5.41) is 9.50. The van der Waals surface area contributed by atoms with E-state index in [1.54, 1.807) is 0 Å². The summed E-state index contributed by atoms with van der Waals surface area (Å²) >= 11 is 6.27. The van der Waals surface area contributed by atoms with Gasteiger partial charge in [0.25, 0.3) is 0 Å². The Morgan fingerprint density at radius 2 is 2.04 bits per heavy atom. The lowest BCUT2D eigenvalue weighted by atomic mass is 9.77. The highest BCUT2D eigenvalue weighted by atomic mass is 35.5.